The van der Waals surface area contributed by atoms with E-state index in [0.29, 0.717) is 46.4 Å². The highest BCUT2D eigenvalue weighted by Crippen LogP contribution is 2.36. The van der Waals surface area contributed by atoms with E-state index in [1.54, 1.807) is 49.8 Å². The zero-order chi connectivity index (χ0) is 31.5. The third-order valence-corrected chi connectivity index (χ3v) is 7.38. The zero-order valence-corrected chi connectivity index (χ0v) is 24.9. The maximum atomic E-state index is 11.5. The highest BCUT2D eigenvalue weighted by atomic mass is 16.5. The number of methoxy groups -OCH3 is 1. The van der Waals surface area contributed by atoms with Crippen LogP contribution in [0.1, 0.15) is 32.6 Å². The molecular formula is C35H29N7O3. The van der Waals surface area contributed by atoms with Crippen LogP contribution in [-0.4, -0.2) is 32.5 Å². The number of nitriles is 1. The number of nitrogens with two attached hydrogens (primary N) is 1. The number of aromatic nitrogens is 4. The highest BCUT2D eigenvalue weighted by molar-refractivity contribution is 5.93. The fraction of sp³-hybridized carbons (Fsp3) is 0.114. The van der Waals surface area contributed by atoms with Crippen molar-refractivity contribution in [1.82, 2.24) is 19.5 Å². The number of imidazole rings is 1. The number of nitrogens with one attached hydrogen (secondary N) is 1. The molecule has 0 aliphatic rings. The van der Waals surface area contributed by atoms with E-state index in [1.807, 2.05) is 66.9 Å². The number of ether oxygens (including phenoxy) is 2. The molecule has 0 aliphatic carbocycles. The Hall–Kier alpha value is -6.21. The zero-order valence-electron chi connectivity index (χ0n) is 24.9. The van der Waals surface area contributed by atoms with Crippen LogP contribution >= 0.6 is 0 Å². The van der Waals surface area contributed by atoms with Gasteiger partial charge in [0.15, 0.2) is 11.2 Å². The number of benzene rings is 4. The van der Waals surface area contributed by atoms with Gasteiger partial charge >= 0.3 is 0 Å². The lowest BCUT2D eigenvalue weighted by molar-refractivity contribution is 0.100. The van der Waals surface area contributed by atoms with Crippen molar-refractivity contribution in [3.8, 4) is 34.6 Å². The molecule has 0 aliphatic heterocycles. The van der Waals surface area contributed by atoms with Gasteiger partial charge in [0.2, 0.25) is 11.9 Å². The van der Waals surface area contributed by atoms with Gasteiger partial charge in [-0.3, -0.25) is 4.79 Å². The quantitative estimate of drug-likeness (QED) is 0.189. The molecule has 10 heteroatoms. The summed E-state index contributed by atoms with van der Waals surface area (Å²) < 4.78 is 13.9. The topological polar surface area (TPSA) is 141 Å². The molecule has 0 saturated carbocycles. The Bertz CT molecular complexity index is 2040. The van der Waals surface area contributed by atoms with Crippen LogP contribution in [0.4, 0.5) is 11.6 Å². The normalized spacial score (nSPS) is 10.8. The van der Waals surface area contributed by atoms with Crippen LogP contribution in [0.5, 0.6) is 17.4 Å². The number of aryl methyl sites for hydroxylation is 2. The number of rotatable bonds is 9. The first-order valence-corrected chi connectivity index (χ1v) is 14.1. The summed E-state index contributed by atoms with van der Waals surface area (Å²) in [5, 5.41) is 12.4. The van der Waals surface area contributed by atoms with Gasteiger partial charge in [-0.15, -0.1) is 0 Å². The first-order valence-electron chi connectivity index (χ1n) is 14.1. The number of fused-ring (bicyclic) bond motifs is 1. The summed E-state index contributed by atoms with van der Waals surface area (Å²) >= 11 is 0. The molecule has 0 bridgehead atoms. The molecule has 222 valence electrons. The lowest BCUT2D eigenvalue weighted by Gasteiger charge is -2.16. The summed E-state index contributed by atoms with van der Waals surface area (Å²) in [6.07, 6.45) is 1.72. The minimum Gasteiger partial charge on any atom is -0.497 e. The van der Waals surface area contributed by atoms with Crippen LogP contribution < -0.4 is 20.5 Å². The van der Waals surface area contributed by atoms with Gasteiger partial charge in [0.1, 0.15) is 11.5 Å². The van der Waals surface area contributed by atoms with E-state index >= 15 is 0 Å². The lowest BCUT2D eigenvalue weighted by Crippen LogP contribution is -2.10. The Kier molecular flexibility index (Phi) is 7.82. The van der Waals surface area contributed by atoms with Crippen LogP contribution in [0.15, 0.2) is 91.3 Å². The summed E-state index contributed by atoms with van der Waals surface area (Å²) in [4.78, 5) is 25.6. The van der Waals surface area contributed by atoms with Gasteiger partial charge in [-0.25, -0.2) is 4.98 Å². The Labute approximate surface area is 259 Å². The van der Waals surface area contributed by atoms with Gasteiger partial charge in [0, 0.05) is 17.8 Å². The molecule has 0 atom stereocenters. The SMILES string of the molecule is COc1ccc(Cn2cnc3nc(Nc4ccc(C#N)cc4)nc(Oc4c(C)cc(-c5ccc(C(N)=O)cc5)cc4C)c32)cc1. The van der Waals surface area contributed by atoms with Gasteiger partial charge in [0.05, 0.1) is 25.1 Å². The van der Waals surface area contributed by atoms with Crippen LogP contribution in [0.2, 0.25) is 0 Å². The van der Waals surface area contributed by atoms with E-state index in [4.69, 9.17) is 25.5 Å². The van der Waals surface area contributed by atoms with Gasteiger partial charge in [0.25, 0.3) is 5.88 Å². The maximum Gasteiger partial charge on any atom is 0.250 e. The van der Waals surface area contributed by atoms with Gasteiger partial charge in [-0.1, -0.05) is 24.3 Å². The summed E-state index contributed by atoms with van der Waals surface area (Å²) in [5.41, 5.74) is 13.0. The largest absolute Gasteiger partial charge is 0.497 e. The second-order valence-corrected chi connectivity index (χ2v) is 10.5. The Morgan fingerprint density at radius 2 is 1.62 bits per heavy atom. The van der Waals surface area contributed by atoms with Crippen molar-refractivity contribution in [1.29, 1.82) is 5.26 Å². The molecule has 2 aromatic heterocycles. The lowest BCUT2D eigenvalue weighted by atomic mass is 9.99. The molecule has 6 rings (SSSR count). The number of carbonyl (C=O) groups excluding carboxylic acids is 1. The second-order valence-electron chi connectivity index (χ2n) is 10.5. The van der Waals surface area contributed by atoms with Crippen molar-refractivity contribution in [2.75, 3.05) is 12.4 Å². The molecule has 6 aromatic rings. The number of nitrogens with zero attached hydrogens (tertiary/aromatic N) is 5. The summed E-state index contributed by atoms with van der Waals surface area (Å²) in [7, 11) is 1.64. The fourth-order valence-corrected chi connectivity index (χ4v) is 5.08. The summed E-state index contributed by atoms with van der Waals surface area (Å²) in [6, 6.07) is 28.2. The van der Waals surface area contributed by atoms with Crippen molar-refractivity contribution in [2.24, 2.45) is 5.73 Å². The van der Waals surface area contributed by atoms with E-state index in [9.17, 15) is 4.79 Å². The molecule has 0 unspecified atom stereocenters. The number of anilines is 2. The average Bonchev–Trinajstić information content (AvgIpc) is 3.45. The summed E-state index contributed by atoms with van der Waals surface area (Å²) in [5.74, 6) is 1.62. The monoisotopic (exact) mass is 595 g/mol. The molecule has 3 N–H and O–H groups in total. The van der Waals surface area contributed by atoms with Crippen LogP contribution in [0, 0.1) is 25.2 Å². The number of carbonyl (C=O) groups is 1. The number of hydrogen-bond donors (Lipinski definition) is 2. The smallest absolute Gasteiger partial charge is 0.250 e. The van der Waals surface area contributed by atoms with Crippen molar-refractivity contribution >= 4 is 28.7 Å². The molecule has 0 fully saturated rings. The van der Waals surface area contributed by atoms with E-state index in [0.717, 1.165) is 39.3 Å². The molecule has 0 saturated heterocycles. The standard InChI is InChI=1S/C35H29N7O3/c1-21-16-27(25-8-10-26(11-9-25)32(37)43)17-22(2)31(21)45-34-30-33(38-20-42(30)19-24-6-14-29(44-3)15-7-24)40-35(41-34)39-28-12-4-23(18-36)5-13-28/h4-17,20H,19H2,1-3H3,(H2,37,43)(H,39,40,41). The number of amides is 1. The molecule has 2 heterocycles. The maximum absolute atomic E-state index is 11.5. The Balaban J connectivity index is 1.39. The Morgan fingerprint density at radius 3 is 2.24 bits per heavy atom. The predicted molar refractivity (Wildman–Crippen MR) is 172 cm³/mol. The first kappa shape index (κ1) is 28.9. The molecule has 0 spiro atoms. The van der Waals surface area contributed by atoms with Gasteiger partial charge < -0.3 is 25.1 Å². The van der Waals surface area contributed by atoms with Crippen LogP contribution in [0.3, 0.4) is 0 Å². The van der Waals surface area contributed by atoms with E-state index in [-0.39, 0.29) is 0 Å². The first-order chi connectivity index (χ1) is 21.8. The van der Waals surface area contributed by atoms with Crippen molar-refractivity contribution in [2.45, 2.75) is 20.4 Å². The minimum absolute atomic E-state index is 0.304. The van der Waals surface area contributed by atoms with Crippen molar-refractivity contribution < 1.29 is 14.3 Å². The fourth-order valence-electron chi connectivity index (χ4n) is 5.08. The molecule has 1 amide bonds. The van der Waals surface area contributed by atoms with E-state index in [2.05, 4.69) is 21.4 Å². The van der Waals surface area contributed by atoms with Crippen LogP contribution in [0.25, 0.3) is 22.3 Å². The van der Waals surface area contributed by atoms with Crippen LogP contribution in [-0.2, 0) is 6.54 Å². The predicted octanol–water partition coefficient (Wildman–Crippen LogP) is 6.67. The average molecular weight is 596 g/mol. The number of hydrogen-bond acceptors (Lipinski definition) is 8. The molecule has 45 heavy (non-hydrogen) atoms. The van der Waals surface area contributed by atoms with E-state index < -0.39 is 5.91 Å². The highest BCUT2D eigenvalue weighted by Gasteiger charge is 2.19. The molecule has 10 nitrogen and oxygen atoms in total. The van der Waals surface area contributed by atoms with E-state index in [1.165, 1.54) is 0 Å². The van der Waals surface area contributed by atoms with Gasteiger partial charge in [-0.05, 0) is 102 Å². The molecular weight excluding hydrogens is 566 g/mol. The second kappa shape index (κ2) is 12.2. The molecule has 4 aromatic carbocycles. The summed E-state index contributed by atoms with van der Waals surface area (Å²) in [6.45, 7) is 4.47. The van der Waals surface area contributed by atoms with Gasteiger partial charge in [-0.2, -0.15) is 15.2 Å². The third-order valence-electron chi connectivity index (χ3n) is 7.38. The van der Waals surface area contributed by atoms with Crippen molar-refractivity contribution in [3.63, 3.8) is 0 Å². The Morgan fingerprint density at radius 1 is 0.933 bits per heavy atom. The molecule has 0 radical (unpaired) electrons. The third kappa shape index (κ3) is 6.14. The van der Waals surface area contributed by atoms with Crippen molar-refractivity contribution in [3.05, 3.63) is 119 Å². The minimum atomic E-state index is -0.465. The number of primary amides is 1.